The molecule has 0 amide bonds. The third-order valence-corrected chi connectivity index (χ3v) is 4.51. The SMILES string of the molecule is CCCC(CCO)CNC1CCN2CCCC12. The smallest absolute Gasteiger partial charge is 0.0434 e. The highest BCUT2D eigenvalue weighted by Gasteiger charge is 2.36. The number of nitrogens with one attached hydrogen (secondary N) is 1. The van der Waals surface area contributed by atoms with Gasteiger partial charge in [0, 0.05) is 25.2 Å². The van der Waals surface area contributed by atoms with Gasteiger partial charge in [-0.25, -0.2) is 0 Å². The Kier molecular flexibility index (Phi) is 5.26. The molecule has 3 heteroatoms. The summed E-state index contributed by atoms with van der Waals surface area (Å²) in [5.41, 5.74) is 0. The zero-order valence-electron chi connectivity index (χ0n) is 11.2. The highest BCUT2D eigenvalue weighted by atomic mass is 16.3. The predicted molar refractivity (Wildman–Crippen MR) is 71.1 cm³/mol. The molecule has 100 valence electrons. The van der Waals surface area contributed by atoms with Crippen molar-refractivity contribution >= 4 is 0 Å². The van der Waals surface area contributed by atoms with E-state index in [-0.39, 0.29) is 0 Å². The van der Waals surface area contributed by atoms with Crippen LogP contribution in [0.1, 0.15) is 45.4 Å². The molecular formula is C14H28N2O. The van der Waals surface area contributed by atoms with Crippen LogP contribution < -0.4 is 5.32 Å². The Bertz CT molecular complexity index is 216. The molecule has 0 aliphatic carbocycles. The molecule has 2 fully saturated rings. The molecule has 3 atom stereocenters. The normalized spacial score (nSPS) is 30.7. The largest absolute Gasteiger partial charge is 0.396 e. The maximum Gasteiger partial charge on any atom is 0.0434 e. The maximum absolute atomic E-state index is 9.07. The number of hydrogen-bond acceptors (Lipinski definition) is 3. The predicted octanol–water partition coefficient (Wildman–Crippen LogP) is 1.61. The van der Waals surface area contributed by atoms with Crippen LogP contribution in [0.3, 0.4) is 0 Å². The van der Waals surface area contributed by atoms with Gasteiger partial charge >= 0.3 is 0 Å². The second-order valence-electron chi connectivity index (χ2n) is 5.72. The van der Waals surface area contributed by atoms with Gasteiger partial charge in [-0.1, -0.05) is 13.3 Å². The number of rotatable bonds is 7. The summed E-state index contributed by atoms with van der Waals surface area (Å²) in [5.74, 6) is 0.667. The van der Waals surface area contributed by atoms with Crippen molar-refractivity contribution in [3.05, 3.63) is 0 Å². The van der Waals surface area contributed by atoms with Crippen molar-refractivity contribution in [2.45, 2.75) is 57.5 Å². The maximum atomic E-state index is 9.07. The van der Waals surface area contributed by atoms with Gasteiger partial charge in [0.2, 0.25) is 0 Å². The van der Waals surface area contributed by atoms with Gasteiger partial charge in [-0.2, -0.15) is 0 Å². The summed E-state index contributed by atoms with van der Waals surface area (Å²) in [4.78, 5) is 2.65. The van der Waals surface area contributed by atoms with Gasteiger partial charge < -0.3 is 10.4 Å². The molecule has 0 aromatic heterocycles. The molecule has 0 bridgehead atoms. The molecule has 3 nitrogen and oxygen atoms in total. The van der Waals surface area contributed by atoms with E-state index in [1.807, 2.05) is 0 Å². The minimum atomic E-state index is 0.340. The first-order chi connectivity index (χ1) is 8.35. The fraction of sp³-hybridized carbons (Fsp3) is 1.00. The number of fused-ring (bicyclic) bond motifs is 1. The summed E-state index contributed by atoms with van der Waals surface area (Å²) >= 11 is 0. The molecule has 2 rings (SSSR count). The van der Waals surface area contributed by atoms with Crippen LogP contribution in [-0.4, -0.2) is 48.3 Å². The van der Waals surface area contributed by atoms with Gasteiger partial charge in [0.1, 0.15) is 0 Å². The highest BCUT2D eigenvalue weighted by molar-refractivity contribution is 4.95. The molecule has 0 aromatic carbocycles. The minimum Gasteiger partial charge on any atom is -0.396 e. The zero-order chi connectivity index (χ0) is 12.1. The van der Waals surface area contributed by atoms with Gasteiger partial charge in [0.15, 0.2) is 0 Å². The zero-order valence-corrected chi connectivity index (χ0v) is 11.2. The van der Waals surface area contributed by atoms with Gasteiger partial charge in [0.25, 0.3) is 0 Å². The van der Waals surface area contributed by atoms with E-state index in [0.717, 1.165) is 25.0 Å². The van der Waals surface area contributed by atoms with Crippen molar-refractivity contribution in [2.24, 2.45) is 5.92 Å². The molecule has 2 saturated heterocycles. The average molecular weight is 240 g/mol. The van der Waals surface area contributed by atoms with Crippen LogP contribution in [0, 0.1) is 5.92 Å². The van der Waals surface area contributed by atoms with Gasteiger partial charge in [-0.3, -0.25) is 4.90 Å². The van der Waals surface area contributed by atoms with Crippen molar-refractivity contribution in [1.82, 2.24) is 10.2 Å². The van der Waals surface area contributed by atoms with Crippen molar-refractivity contribution < 1.29 is 5.11 Å². The quantitative estimate of drug-likeness (QED) is 0.710. The molecule has 0 aromatic rings. The summed E-state index contributed by atoms with van der Waals surface area (Å²) < 4.78 is 0. The Morgan fingerprint density at radius 1 is 1.29 bits per heavy atom. The third kappa shape index (κ3) is 3.43. The number of nitrogens with zero attached hydrogens (tertiary/aromatic N) is 1. The summed E-state index contributed by atoms with van der Waals surface area (Å²) in [7, 11) is 0. The van der Waals surface area contributed by atoms with E-state index >= 15 is 0 Å². The van der Waals surface area contributed by atoms with Crippen LogP contribution in [0.5, 0.6) is 0 Å². The topological polar surface area (TPSA) is 35.5 Å². The van der Waals surface area contributed by atoms with Crippen molar-refractivity contribution in [2.75, 3.05) is 26.2 Å². The van der Waals surface area contributed by atoms with E-state index in [0.29, 0.717) is 12.5 Å². The molecule has 0 saturated carbocycles. The Morgan fingerprint density at radius 2 is 2.18 bits per heavy atom. The lowest BCUT2D eigenvalue weighted by Gasteiger charge is -2.24. The van der Waals surface area contributed by atoms with E-state index < -0.39 is 0 Å². The Hall–Kier alpha value is -0.120. The monoisotopic (exact) mass is 240 g/mol. The van der Waals surface area contributed by atoms with Crippen molar-refractivity contribution in [3.63, 3.8) is 0 Å². The van der Waals surface area contributed by atoms with Crippen molar-refractivity contribution in [3.8, 4) is 0 Å². The third-order valence-electron chi connectivity index (χ3n) is 4.51. The van der Waals surface area contributed by atoms with Crippen LogP contribution >= 0.6 is 0 Å². The lowest BCUT2D eigenvalue weighted by Crippen LogP contribution is -2.41. The molecule has 0 radical (unpaired) electrons. The molecule has 2 N–H and O–H groups in total. The molecule has 0 spiro atoms. The van der Waals surface area contributed by atoms with Crippen LogP contribution in [0.2, 0.25) is 0 Å². The van der Waals surface area contributed by atoms with Crippen LogP contribution in [0.25, 0.3) is 0 Å². The second-order valence-corrected chi connectivity index (χ2v) is 5.72. The van der Waals surface area contributed by atoms with E-state index in [1.165, 1.54) is 45.2 Å². The fourth-order valence-corrected chi connectivity index (χ4v) is 3.58. The Morgan fingerprint density at radius 3 is 2.94 bits per heavy atom. The standard InChI is InChI=1S/C14H28N2O/c1-2-4-12(7-10-17)11-15-13-6-9-16-8-3-5-14(13)16/h12-15,17H,2-11H2,1H3. The highest BCUT2D eigenvalue weighted by Crippen LogP contribution is 2.28. The minimum absolute atomic E-state index is 0.340. The molecule has 3 unspecified atom stereocenters. The first-order valence-electron chi connectivity index (χ1n) is 7.43. The van der Waals surface area contributed by atoms with E-state index in [9.17, 15) is 0 Å². The summed E-state index contributed by atoms with van der Waals surface area (Å²) in [6, 6.07) is 1.53. The van der Waals surface area contributed by atoms with E-state index in [4.69, 9.17) is 5.11 Å². The molecule has 2 aliphatic rings. The van der Waals surface area contributed by atoms with Crippen molar-refractivity contribution in [1.29, 1.82) is 0 Å². The van der Waals surface area contributed by atoms with E-state index in [1.54, 1.807) is 0 Å². The average Bonchev–Trinajstić information content (AvgIpc) is 2.89. The molecule has 17 heavy (non-hydrogen) atoms. The fourth-order valence-electron chi connectivity index (χ4n) is 3.58. The number of aliphatic hydroxyl groups excluding tert-OH is 1. The van der Waals surface area contributed by atoms with Crippen LogP contribution in [0.4, 0.5) is 0 Å². The van der Waals surface area contributed by atoms with Gasteiger partial charge in [0.05, 0.1) is 0 Å². The number of hydrogen-bond donors (Lipinski definition) is 2. The van der Waals surface area contributed by atoms with Crippen LogP contribution in [-0.2, 0) is 0 Å². The molecule has 2 aliphatic heterocycles. The second kappa shape index (κ2) is 6.72. The summed E-state index contributed by atoms with van der Waals surface area (Å²) in [5, 5.41) is 12.8. The lowest BCUT2D eigenvalue weighted by molar-refractivity contribution is 0.239. The van der Waals surface area contributed by atoms with Gasteiger partial charge in [-0.15, -0.1) is 0 Å². The summed E-state index contributed by atoms with van der Waals surface area (Å²) in [6.07, 6.45) is 7.53. The molecule has 2 heterocycles. The lowest BCUT2D eigenvalue weighted by atomic mass is 9.98. The first-order valence-corrected chi connectivity index (χ1v) is 7.43. The summed E-state index contributed by atoms with van der Waals surface area (Å²) in [6.45, 7) is 6.28. The van der Waals surface area contributed by atoms with E-state index in [2.05, 4.69) is 17.1 Å². The Balaban J connectivity index is 1.72. The van der Waals surface area contributed by atoms with Crippen LogP contribution in [0.15, 0.2) is 0 Å². The number of aliphatic hydroxyl groups is 1. The van der Waals surface area contributed by atoms with Gasteiger partial charge in [-0.05, 0) is 51.1 Å². The Labute approximate surface area is 106 Å². The molecular weight excluding hydrogens is 212 g/mol. The first kappa shape index (κ1) is 13.3.